The fraction of sp³-hybridized carbons (Fsp3) is 0.346. The molecule has 0 spiro atoms. The molecule has 7 heteroatoms. The third kappa shape index (κ3) is 2.88. The molecule has 6 rings (SSSR count). The van der Waals surface area contributed by atoms with Gasteiger partial charge < -0.3 is 4.98 Å². The van der Waals surface area contributed by atoms with E-state index < -0.39 is 0 Å². The van der Waals surface area contributed by atoms with Crippen molar-refractivity contribution < 1.29 is 0 Å². The van der Waals surface area contributed by atoms with Crippen LogP contribution < -0.4 is 11.2 Å². The number of thiophene rings is 1. The number of hydrogen-bond donors (Lipinski definition) is 1. The standard InChI is InChI=1S/C26H26N4O2S/c1-13(2)12-30-23-20(25(31)29(4)26(30)32)22-21(27-23)18(15-10-8-14(3)9-11-15)19-16-6-5-7-17(16)33-24(19)28-22/h8-11,13,27H,5-7,12H2,1-4H3. The fourth-order valence-corrected chi connectivity index (χ4v) is 6.47. The van der Waals surface area contributed by atoms with Gasteiger partial charge in [-0.15, -0.1) is 11.3 Å². The summed E-state index contributed by atoms with van der Waals surface area (Å²) in [7, 11) is 1.55. The van der Waals surface area contributed by atoms with Gasteiger partial charge in [0.05, 0.1) is 5.52 Å². The zero-order valence-corrected chi connectivity index (χ0v) is 20.1. The molecule has 1 aromatic carbocycles. The maximum Gasteiger partial charge on any atom is 0.332 e. The summed E-state index contributed by atoms with van der Waals surface area (Å²) in [6.45, 7) is 6.75. The number of benzene rings is 1. The number of fused-ring (bicyclic) bond motifs is 6. The van der Waals surface area contributed by atoms with E-state index in [9.17, 15) is 9.59 Å². The SMILES string of the molecule is Cc1ccc(-c2c3[nH]c4c(c(=O)n(C)c(=O)n4CC(C)C)c3nc3sc4c(c23)CCC4)cc1. The quantitative estimate of drug-likeness (QED) is 0.417. The lowest BCUT2D eigenvalue weighted by Crippen LogP contribution is -2.38. The van der Waals surface area contributed by atoms with Crippen LogP contribution in [0.5, 0.6) is 0 Å². The highest BCUT2D eigenvalue weighted by Gasteiger charge is 2.26. The average Bonchev–Trinajstić information content (AvgIpc) is 3.47. The molecule has 33 heavy (non-hydrogen) atoms. The molecule has 0 saturated heterocycles. The molecule has 0 amide bonds. The molecular formula is C26H26N4O2S. The Balaban J connectivity index is 1.85. The third-order valence-corrected chi connectivity index (χ3v) is 7.95. The normalized spacial score (nSPS) is 13.7. The second kappa shape index (κ2) is 7.15. The summed E-state index contributed by atoms with van der Waals surface area (Å²) in [4.78, 5) is 37.3. The van der Waals surface area contributed by atoms with Gasteiger partial charge >= 0.3 is 5.69 Å². The number of hydrogen-bond acceptors (Lipinski definition) is 4. The predicted octanol–water partition coefficient (Wildman–Crippen LogP) is 4.91. The van der Waals surface area contributed by atoms with Crippen molar-refractivity contribution in [2.24, 2.45) is 13.0 Å². The topological polar surface area (TPSA) is 72.7 Å². The molecule has 0 fully saturated rings. The molecule has 4 heterocycles. The van der Waals surface area contributed by atoms with Crippen LogP contribution in [0.3, 0.4) is 0 Å². The second-order valence-electron chi connectivity index (χ2n) is 9.61. The van der Waals surface area contributed by atoms with Crippen molar-refractivity contribution >= 4 is 43.6 Å². The van der Waals surface area contributed by atoms with E-state index in [2.05, 4.69) is 50.0 Å². The first-order valence-corrected chi connectivity index (χ1v) is 12.3. The highest BCUT2D eigenvalue weighted by molar-refractivity contribution is 7.19. The average molecular weight is 459 g/mol. The van der Waals surface area contributed by atoms with E-state index in [1.807, 2.05) is 0 Å². The number of rotatable bonds is 3. The minimum atomic E-state index is -0.299. The van der Waals surface area contributed by atoms with E-state index in [0.717, 1.165) is 34.3 Å². The van der Waals surface area contributed by atoms with Crippen LogP contribution in [-0.2, 0) is 26.4 Å². The Morgan fingerprint density at radius 3 is 2.61 bits per heavy atom. The summed E-state index contributed by atoms with van der Waals surface area (Å²) >= 11 is 1.75. The van der Waals surface area contributed by atoms with Crippen molar-refractivity contribution in [2.45, 2.75) is 46.6 Å². The van der Waals surface area contributed by atoms with Crippen LogP contribution in [0.1, 0.15) is 36.3 Å². The van der Waals surface area contributed by atoms with Crippen LogP contribution in [0.15, 0.2) is 33.9 Å². The minimum absolute atomic E-state index is 0.256. The Labute approximate surface area is 194 Å². The lowest BCUT2D eigenvalue weighted by molar-refractivity contribution is 0.500. The van der Waals surface area contributed by atoms with Crippen LogP contribution in [0.4, 0.5) is 0 Å². The lowest BCUT2D eigenvalue weighted by atomic mass is 9.98. The van der Waals surface area contributed by atoms with E-state index in [1.54, 1.807) is 23.0 Å². The first kappa shape index (κ1) is 20.4. The zero-order valence-electron chi connectivity index (χ0n) is 19.3. The maximum absolute atomic E-state index is 13.3. The molecule has 6 nitrogen and oxygen atoms in total. The van der Waals surface area contributed by atoms with E-state index in [4.69, 9.17) is 4.98 Å². The highest BCUT2D eigenvalue weighted by atomic mass is 32.1. The summed E-state index contributed by atoms with van der Waals surface area (Å²) < 4.78 is 2.91. The number of nitrogens with one attached hydrogen (secondary N) is 1. The molecule has 0 saturated carbocycles. The number of aryl methyl sites for hydroxylation is 3. The molecular weight excluding hydrogens is 432 g/mol. The van der Waals surface area contributed by atoms with Crippen LogP contribution in [0.25, 0.3) is 43.4 Å². The Kier molecular flexibility index (Phi) is 4.43. The van der Waals surface area contributed by atoms with E-state index in [1.165, 1.54) is 32.4 Å². The van der Waals surface area contributed by atoms with Crippen molar-refractivity contribution in [3.63, 3.8) is 0 Å². The van der Waals surface area contributed by atoms with Crippen molar-refractivity contribution in [3.05, 3.63) is 61.1 Å². The van der Waals surface area contributed by atoms with Gasteiger partial charge in [0.15, 0.2) is 0 Å². The van der Waals surface area contributed by atoms with Crippen LogP contribution in [0.2, 0.25) is 0 Å². The monoisotopic (exact) mass is 458 g/mol. The lowest BCUT2D eigenvalue weighted by Gasteiger charge is -2.11. The number of H-pyrrole nitrogens is 1. The predicted molar refractivity (Wildman–Crippen MR) is 136 cm³/mol. The van der Waals surface area contributed by atoms with Gasteiger partial charge in [-0.25, -0.2) is 9.78 Å². The van der Waals surface area contributed by atoms with Crippen molar-refractivity contribution in [3.8, 4) is 11.1 Å². The Hall–Kier alpha value is -3.19. The number of aromatic amines is 1. The third-order valence-electron chi connectivity index (χ3n) is 6.76. The Morgan fingerprint density at radius 2 is 1.88 bits per heavy atom. The van der Waals surface area contributed by atoms with Gasteiger partial charge in [0.25, 0.3) is 5.56 Å². The minimum Gasteiger partial charge on any atom is -0.338 e. The molecule has 5 aromatic rings. The van der Waals surface area contributed by atoms with Gasteiger partial charge in [0.2, 0.25) is 0 Å². The largest absolute Gasteiger partial charge is 0.338 e. The van der Waals surface area contributed by atoms with Gasteiger partial charge in [-0.1, -0.05) is 43.7 Å². The number of nitrogens with zero attached hydrogens (tertiary/aromatic N) is 3. The molecule has 4 aromatic heterocycles. The Morgan fingerprint density at radius 1 is 1.12 bits per heavy atom. The summed E-state index contributed by atoms with van der Waals surface area (Å²) in [6, 6.07) is 8.54. The molecule has 0 unspecified atom stereocenters. The van der Waals surface area contributed by atoms with Crippen LogP contribution in [0, 0.1) is 12.8 Å². The van der Waals surface area contributed by atoms with Crippen molar-refractivity contribution in [1.82, 2.24) is 19.1 Å². The van der Waals surface area contributed by atoms with E-state index in [0.29, 0.717) is 23.1 Å². The highest BCUT2D eigenvalue weighted by Crippen LogP contribution is 2.45. The first-order chi connectivity index (χ1) is 15.8. The van der Waals surface area contributed by atoms with Crippen LogP contribution in [-0.4, -0.2) is 19.1 Å². The van der Waals surface area contributed by atoms with E-state index >= 15 is 0 Å². The van der Waals surface area contributed by atoms with Gasteiger partial charge in [0, 0.05) is 29.4 Å². The summed E-state index contributed by atoms with van der Waals surface area (Å²) in [5.74, 6) is 0.256. The zero-order chi connectivity index (χ0) is 23.0. The van der Waals surface area contributed by atoms with E-state index in [-0.39, 0.29) is 17.2 Å². The molecule has 1 N–H and O–H groups in total. The molecule has 168 valence electrons. The summed E-state index contributed by atoms with van der Waals surface area (Å²) in [6.07, 6.45) is 3.32. The fourth-order valence-electron chi connectivity index (χ4n) is 5.20. The van der Waals surface area contributed by atoms with Gasteiger partial charge in [-0.3, -0.25) is 13.9 Å². The van der Waals surface area contributed by atoms with Gasteiger partial charge in [-0.2, -0.15) is 0 Å². The smallest absolute Gasteiger partial charge is 0.332 e. The molecule has 1 aliphatic carbocycles. The maximum atomic E-state index is 13.3. The van der Waals surface area contributed by atoms with Gasteiger partial charge in [-0.05, 0) is 43.2 Å². The summed E-state index contributed by atoms with van der Waals surface area (Å²) in [5.41, 5.74) is 6.27. The van der Waals surface area contributed by atoms with Gasteiger partial charge in [0.1, 0.15) is 21.4 Å². The molecule has 0 aliphatic heterocycles. The summed E-state index contributed by atoms with van der Waals surface area (Å²) in [5, 5.41) is 1.70. The molecule has 1 aliphatic rings. The first-order valence-electron chi connectivity index (χ1n) is 11.5. The molecule has 0 atom stereocenters. The van der Waals surface area contributed by atoms with Crippen LogP contribution >= 0.6 is 11.3 Å². The molecule has 0 radical (unpaired) electrons. The molecule has 0 bridgehead atoms. The second-order valence-corrected chi connectivity index (χ2v) is 10.7. The number of pyridine rings is 1. The number of aromatic nitrogens is 4. The van der Waals surface area contributed by atoms with Crippen molar-refractivity contribution in [2.75, 3.05) is 0 Å². The Bertz CT molecular complexity index is 1700. The van der Waals surface area contributed by atoms with Crippen molar-refractivity contribution in [1.29, 1.82) is 0 Å².